The summed E-state index contributed by atoms with van der Waals surface area (Å²) < 4.78 is 10.5. The number of benzene rings is 1. The quantitative estimate of drug-likeness (QED) is 0.898. The van der Waals surface area contributed by atoms with Crippen LogP contribution < -0.4 is 15.4 Å². The predicted molar refractivity (Wildman–Crippen MR) is 78.8 cm³/mol. The van der Waals surface area contributed by atoms with Crippen molar-refractivity contribution in [2.24, 2.45) is 0 Å². The van der Waals surface area contributed by atoms with Crippen LogP contribution in [0.2, 0.25) is 10.0 Å². The van der Waals surface area contributed by atoms with Gasteiger partial charge in [0.15, 0.2) is 5.75 Å². The maximum atomic E-state index is 12.2. The highest BCUT2D eigenvalue weighted by Gasteiger charge is 2.28. The Balaban J connectivity index is 2.11. The Kier molecular flexibility index (Phi) is 5.10. The van der Waals surface area contributed by atoms with Gasteiger partial charge in [0.2, 0.25) is 5.91 Å². The molecular weight excluding hydrogens is 303 g/mol. The summed E-state index contributed by atoms with van der Waals surface area (Å²) in [4.78, 5) is 12.2. The molecule has 1 aromatic rings. The number of halogens is 2. The number of hydrogen-bond donors (Lipinski definition) is 2. The van der Waals surface area contributed by atoms with Gasteiger partial charge in [0.25, 0.3) is 0 Å². The van der Waals surface area contributed by atoms with Crippen LogP contribution in [0.5, 0.6) is 5.75 Å². The second-order valence-corrected chi connectivity index (χ2v) is 5.28. The standard InChI is InChI=1S/C13H16Cl2N2O3/c1-7-11(16-3-4-20-7)13(18)17-8-5-9(14)12(19-2)10(15)6-8/h5-7,11,16H,3-4H2,1-2H3,(H,17,18)/t7-,11+/m1/s1. The summed E-state index contributed by atoms with van der Waals surface area (Å²) in [7, 11) is 1.48. The van der Waals surface area contributed by atoms with E-state index in [4.69, 9.17) is 32.7 Å². The van der Waals surface area contributed by atoms with E-state index in [1.165, 1.54) is 7.11 Å². The van der Waals surface area contributed by atoms with Crippen molar-refractivity contribution in [3.05, 3.63) is 22.2 Å². The average molecular weight is 319 g/mol. The van der Waals surface area contributed by atoms with E-state index in [0.717, 1.165) is 0 Å². The van der Waals surface area contributed by atoms with Gasteiger partial charge in [-0.1, -0.05) is 23.2 Å². The zero-order valence-corrected chi connectivity index (χ0v) is 12.7. The Labute approximate surface area is 127 Å². The maximum absolute atomic E-state index is 12.2. The molecule has 20 heavy (non-hydrogen) atoms. The fourth-order valence-corrected chi connectivity index (χ4v) is 2.72. The largest absolute Gasteiger partial charge is 0.494 e. The topological polar surface area (TPSA) is 59.6 Å². The van der Waals surface area contributed by atoms with Crippen molar-refractivity contribution in [1.82, 2.24) is 5.32 Å². The summed E-state index contributed by atoms with van der Waals surface area (Å²) in [6.45, 7) is 3.10. The average Bonchev–Trinajstić information content (AvgIpc) is 2.38. The van der Waals surface area contributed by atoms with Crippen molar-refractivity contribution in [3.63, 3.8) is 0 Å². The highest BCUT2D eigenvalue weighted by atomic mass is 35.5. The Bertz CT molecular complexity index is 487. The van der Waals surface area contributed by atoms with Crippen molar-refractivity contribution in [1.29, 1.82) is 0 Å². The first-order chi connectivity index (χ1) is 9.52. The van der Waals surface area contributed by atoms with E-state index >= 15 is 0 Å². The van der Waals surface area contributed by atoms with Crippen LogP contribution in [0.15, 0.2) is 12.1 Å². The minimum atomic E-state index is -0.400. The lowest BCUT2D eigenvalue weighted by Crippen LogP contribution is -2.53. The van der Waals surface area contributed by atoms with Crippen LogP contribution in [0.3, 0.4) is 0 Å². The molecule has 0 radical (unpaired) electrons. The molecule has 5 nitrogen and oxygen atoms in total. The van der Waals surface area contributed by atoms with Crippen LogP contribution in [0.1, 0.15) is 6.92 Å². The van der Waals surface area contributed by atoms with Crippen molar-refractivity contribution in [3.8, 4) is 5.75 Å². The van der Waals surface area contributed by atoms with E-state index < -0.39 is 6.04 Å². The van der Waals surface area contributed by atoms with Gasteiger partial charge < -0.3 is 20.1 Å². The number of anilines is 1. The molecule has 1 heterocycles. The minimum Gasteiger partial charge on any atom is -0.494 e. The summed E-state index contributed by atoms with van der Waals surface area (Å²) in [6.07, 6.45) is -0.187. The van der Waals surface area contributed by atoms with Crippen molar-refractivity contribution >= 4 is 34.8 Å². The number of nitrogens with one attached hydrogen (secondary N) is 2. The Hall–Kier alpha value is -1.01. The molecule has 2 N–H and O–H groups in total. The SMILES string of the molecule is COc1c(Cl)cc(NC(=O)[C@H]2NCCO[C@@H]2C)cc1Cl. The first-order valence-corrected chi connectivity index (χ1v) is 6.97. The molecule has 1 aliphatic rings. The van der Waals surface area contributed by atoms with E-state index in [1.807, 2.05) is 6.92 Å². The molecule has 1 amide bonds. The second-order valence-electron chi connectivity index (χ2n) is 4.47. The number of carbonyl (C=O) groups is 1. The number of rotatable bonds is 3. The Morgan fingerprint density at radius 2 is 2.10 bits per heavy atom. The number of hydrogen-bond acceptors (Lipinski definition) is 4. The first kappa shape index (κ1) is 15.4. The third-order valence-electron chi connectivity index (χ3n) is 3.07. The smallest absolute Gasteiger partial charge is 0.244 e. The molecule has 1 saturated heterocycles. The fraction of sp³-hybridized carbons (Fsp3) is 0.462. The van der Waals surface area contributed by atoms with E-state index in [-0.39, 0.29) is 12.0 Å². The molecular formula is C13H16Cl2N2O3. The molecule has 0 spiro atoms. The Morgan fingerprint density at radius 3 is 2.65 bits per heavy atom. The van der Waals surface area contributed by atoms with Gasteiger partial charge in [0.05, 0.1) is 29.9 Å². The molecule has 7 heteroatoms. The molecule has 1 aliphatic heterocycles. The molecule has 0 saturated carbocycles. The highest BCUT2D eigenvalue weighted by molar-refractivity contribution is 6.37. The molecule has 2 atom stereocenters. The van der Waals surface area contributed by atoms with Gasteiger partial charge in [-0.05, 0) is 19.1 Å². The van der Waals surface area contributed by atoms with E-state index in [2.05, 4.69) is 10.6 Å². The zero-order chi connectivity index (χ0) is 14.7. The number of methoxy groups -OCH3 is 1. The molecule has 110 valence electrons. The van der Waals surface area contributed by atoms with Crippen LogP contribution in [-0.4, -0.2) is 38.3 Å². The van der Waals surface area contributed by atoms with Crippen molar-refractivity contribution < 1.29 is 14.3 Å². The number of amides is 1. The molecule has 2 rings (SSSR count). The van der Waals surface area contributed by atoms with Crippen LogP contribution in [-0.2, 0) is 9.53 Å². The van der Waals surface area contributed by atoms with Gasteiger partial charge in [0, 0.05) is 12.2 Å². The fourth-order valence-electron chi connectivity index (χ4n) is 2.07. The molecule has 1 fully saturated rings. The highest BCUT2D eigenvalue weighted by Crippen LogP contribution is 2.35. The maximum Gasteiger partial charge on any atom is 0.244 e. The zero-order valence-electron chi connectivity index (χ0n) is 11.2. The molecule has 1 aromatic carbocycles. The first-order valence-electron chi connectivity index (χ1n) is 6.22. The van der Waals surface area contributed by atoms with Crippen molar-refractivity contribution in [2.45, 2.75) is 19.1 Å². The molecule has 0 bridgehead atoms. The summed E-state index contributed by atoms with van der Waals surface area (Å²) in [6, 6.07) is 2.79. The van der Waals surface area contributed by atoms with E-state index in [0.29, 0.717) is 34.6 Å². The van der Waals surface area contributed by atoms with Crippen LogP contribution in [0.25, 0.3) is 0 Å². The summed E-state index contributed by atoms with van der Waals surface area (Å²) in [5.41, 5.74) is 0.519. The minimum absolute atomic E-state index is 0.186. The van der Waals surface area contributed by atoms with Crippen LogP contribution >= 0.6 is 23.2 Å². The summed E-state index contributed by atoms with van der Waals surface area (Å²) in [5, 5.41) is 6.57. The van der Waals surface area contributed by atoms with Crippen LogP contribution in [0.4, 0.5) is 5.69 Å². The monoisotopic (exact) mass is 318 g/mol. The number of ether oxygens (including phenoxy) is 2. The third-order valence-corrected chi connectivity index (χ3v) is 3.63. The normalized spacial score (nSPS) is 22.4. The van der Waals surface area contributed by atoms with Gasteiger partial charge in [-0.2, -0.15) is 0 Å². The number of carbonyl (C=O) groups excluding carboxylic acids is 1. The van der Waals surface area contributed by atoms with Gasteiger partial charge in [-0.25, -0.2) is 0 Å². The lowest BCUT2D eigenvalue weighted by molar-refractivity contribution is -0.123. The summed E-state index contributed by atoms with van der Waals surface area (Å²) in [5.74, 6) is 0.202. The lowest BCUT2D eigenvalue weighted by atomic mass is 10.1. The summed E-state index contributed by atoms with van der Waals surface area (Å²) >= 11 is 12.1. The van der Waals surface area contributed by atoms with Gasteiger partial charge in [0.1, 0.15) is 6.04 Å². The predicted octanol–water partition coefficient (Wildman–Crippen LogP) is 2.32. The van der Waals surface area contributed by atoms with E-state index in [9.17, 15) is 4.79 Å². The number of morpholine rings is 1. The second kappa shape index (κ2) is 6.63. The van der Waals surface area contributed by atoms with E-state index in [1.54, 1.807) is 12.1 Å². The molecule has 0 aromatic heterocycles. The third kappa shape index (κ3) is 3.35. The Morgan fingerprint density at radius 1 is 1.45 bits per heavy atom. The molecule has 0 unspecified atom stereocenters. The van der Waals surface area contributed by atoms with Crippen LogP contribution in [0, 0.1) is 0 Å². The van der Waals surface area contributed by atoms with Gasteiger partial charge in [-0.3, -0.25) is 4.79 Å². The lowest BCUT2D eigenvalue weighted by Gasteiger charge is -2.29. The van der Waals surface area contributed by atoms with Gasteiger partial charge in [-0.15, -0.1) is 0 Å². The molecule has 0 aliphatic carbocycles. The van der Waals surface area contributed by atoms with Gasteiger partial charge >= 0.3 is 0 Å². The van der Waals surface area contributed by atoms with Crippen molar-refractivity contribution in [2.75, 3.05) is 25.6 Å².